The molecule has 4 aromatic rings. The summed E-state index contributed by atoms with van der Waals surface area (Å²) < 4.78 is 37.2. The second-order valence-electron chi connectivity index (χ2n) is 11.0. The number of amides is 1. The smallest absolute Gasteiger partial charge is 0.490 e. The van der Waals surface area contributed by atoms with Crippen molar-refractivity contribution in [3.8, 4) is 17.0 Å². The number of hydrogen-bond acceptors (Lipinski definition) is 6. The van der Waals surface area contributed by atoms with Crippen LogP contribution in [-0.4, -0.2) is 64.8 Å². The van der Waals surface area contributed by atoms with E-state index in [2.05, 4.69) is 62.9 Å². The highest BCUT2D eigenvalue weighted by Gasteiger charge is 2.65. The van der Waals surface area contributed by atoms with Crippen LogP contribution in [0.3, 0.4) is 0 Å². The highest BCUT2D eigenvalue weighted by Crippen LogP contribution is 2.65. The number of anilines is 2. The van der Waals surface area contributed by atoms with Gasteiger partial charge < -0.3 is 25.2 Å². The number of nitrogens with zero attached hydrogens (tertiary/aromatic N) is 2. The molecule has 0 bridgehead atoms. The van der Waals surface area contributed by atoms with Crippen molar-refractivity contribution < 1.29 is 37.7 Å². The third kappa shape index (κ3) is 5.16. The number of aliphatic hydroxyl groups excluding tert-OH is 1. The Morgan fingerprint density at radius 1 is 1.07 bits per heavy atom. The van der Waals surface area contributed by atoms with Crippen molar-refractivity contribution in [1.29, 1.82) is 0 Å². The van der Waals surface area contributed by atoms with Crippen LogP contribution in [0.2, 0.25) is 0 Å². The zero-order valence-corrected chi connectivity index (χ0v) is 23.1. The predicted molar refractivity (Wildman–Crippen MR) is 153 cm³/mol. The van der Waals surface area contributed by atoms with Crippen molar-refractivity contribution in [1.82, 2.24) is 10.2 Å². The molecule has 0 radical (unpaired) electrons. The molecule has 0 unspecified atom stereocenters. The van der Waals surface area contributed by atoms with E-state index in [1.54, 1.807) is 7.11 Å². The molecule has 2 atom stereocenters. The number of alkyl halides is 3. The van der Waals surface area contributed by atoms with E-state index in [1.807, 2.05) is 18.2 Å². The molecule has 12 heteroatoms. The van der Waals surface area contributed by atoms with Gasteiger partial charge in [-0.2, -0.15) is 18.3 Å². The molecular weight excluding hydrogens is 565 g/mol. The van der Waals surface area contributed by atoms with Crippen LogP contribution >= 0.6 is 0 Å². The van der Waals surface area contributed by atoms with E-state index in [9.17, 15) is 23.1 Å². The Labute approximate surface area is 244 Å². The summed E-state index contributed by atoms with van der Waals surface area (Å²) in [5.74, 6) is -1.78. The Hall–Kier alpha value is -4.58. The van der Waals surface area contributed by atoms with Crippen LogP contribution < -0.4 is 15.0 Å². The minimum Gasteiger partial charge on any atom is -0.497 e. The fraction of sp³-hybridized carbons (Fsp3) is 0.323. The number of H-pyrrole nitrogens is 1. The Kier molecular flexibility index (Phi) is 7.04. The van der Waals surface area contributed by atoms with E-state index < -0.39 is 17.6 Å². The molecule has 3 aromatic carbocycles. The van der Waals surface area contributed by atoms with Crippen molar-refractivity contribution in [3.63, 3.8) is 0 Å². The van der Waals surface area contributed by atoms with Gasteiger partial charge in [-0.25, -0.2) is 4.79 Å². The van der Waals surface area contributed by atoms with Gasteiger partial charge in [0.25, 0.3) is 0 Å². The number of aliphatic hydroxyl groups is 1. The number of methoxy groups -OCH3 is 1. The molecule has 2 aliphatic heterocycles. The SMILES string of the molecule is COc1ccc2c(c1)[C@]1(C[C@H]1c1ccc3c(-c4ccc(N5CCC(O)CC5)cc4)n[nH]c3c1)C(=O)N2.O=C(O)C(F)(F)F. The summed E-state index contributed by atoms with van der Waals surface area (Å²) in [5.41, 5.74) is 6.70. The van der Waals surface area contributed by atoms with E-state index in [0.717, 1.165) is 77.1 Å². The zero-order valence-electron chi connectivity index (χ0n) is 23.1. The molecule has 1 amide bonds. The maximum absolute atomic E-state index is 13.0. The number of carbonyl (C=O) groups is 2. The number of halogens is 3. The summed E-state index contributed by atoms with van der Waals surface area (Å²) in [7, 11) is 1.65. The lowest BCUT2D eigenvalue weighted by Crippen LogP contribution is -2.35. The highest BCUT2D eigenvalue weighted by atomic mass is 19.4. The molecule has 1 saturated heterocycles. The maximum atomic E-state index is 13.0. The van der Waals surface area contributed by atoms with Crippen LogP contribution in [0.5, 0.6) is 5.75 Å². The number of ether oxygens (including phenoxy) is 1. The summed E-state index contributed by atoms with van der Waals surface area (Å²) in [6, 6.07) is 20.7. The van der Waals surface area contributed by atoms with Crippen molar-refractivity contribution in [3.05, 3.63) is 71.8 Å². The van der Waals surface area contributed by atoms with Gasteiger partial charge in [0.1, 0.15) is 5.75 Å². The van der Waals surface area contributed by atoms with Crippen LogP contribution in [0.25, 0.3) is 22.2 Å². The molecule has 1 spiro atoms. The molecule has 1 aromatic heterocycles. The molecule has 9 nitrogen and oxygen atoms in total. The number of aromatic nitrogens is 2. The minimum absolute atomic E-state index is 0.0736. The summed E-state index contributed by atoms with van der Waals surface area (Å²) in [6.45, 7) is 1.76. The van der Waals surface area contributed by atoms with E-state index in [0.29, 0.717) is 0 Å². The first-order chi connectivity index (χ1) is 20.5. The first-order valence-corrected chi connectivity index (χ1v) is 13.8. The van der Waals surface area contributed by atoms with Crippen LogP contribution in [0, 0.1) is 0 Å². The number of carbonyl (C=O) groups excluding carboxylic acids is 1. The first kappa shape index (κ1) is 28.5. The number of aliphatic carboxylic acids is 1. The predicted octanol–water partition coefficient (Wildman–Crippen LogP) is 5.21. The average molecular weight is 595 g/mol. The monoisotopic (exact) mass is 594 g/mol. The molecule has 3 aliphatic rings. The lowest BCUT2D eigenvalue weighted by atomic mass is 9.91. The standard InChI is InChI=1S/C29H28N4O3.C2HF3O2/c1-36-21-7-9-25-23(15-21)29(28(35)30-25)16-24(29)18-4-8-22-26(14-18)31-32-27(22)17-2-5-19(6-3-17)33-12-10-20(34)11-13-33;3-2(4,5)1(6)7/h2-9,14-15,20,24,34H,10-13,16H2,1H3,(H,30,35)(H,31,32);(H,6,7)/t24-,29-;/m0./s1. The molecule has 7 rings (SSSR count). The number of rotatable bonds is 4. The molecule has 43 heavy (non-hydrogen) atoms. The Balaban J connectivity index is 0.000000423. The fourth-order valence-electron chi connectivity index (χ4n) is 6.13. The van der Waals surface area contributed by atoms with Gasteiger partial charge in [0.15, 0.2) is 0 Å². The number of fused-ring (bicyclic) bond motifs is 3. The van der Waals surface area contributed by atoms with Crippen LogP contribution in [0.15, 0.2) is 60.7 Å². The van der Waals surface area contributed by atoms with Crippen molar-refractivity contribution in [2.45, 2.75) is 42.9 Å². The molecular formula is C31H29F3N4O5. The molecule has 3 heterocycles. The molecule has 1 saturated carbocycles. The van der Waals surface area contributed by atoms with Gasteiger partial charge >= 0.3 is 12.1 Å². The largest absolute Gasteiger partial charge is 0.497 e. The third-order valence-electron chi connectivity index (χ3n) is 8.52. The summed E-state index contributed by atoms with van der Waals surface area (Å²) in [5, 5.41) is 28.9. The first-order valence-electron chi connectivity index (χ1n) is 13.8. The van der Waals surface area contributed by atoms with E-state index >= 15 is 0 Å². The number of hydrogen-bond donors (Lipinski definition) is 4. The second-order valence-corrected chi connectivity index (χ2v) is 11.0. The minimum atomic E-state index is -5.08. The lowest BCUT2D eigenvalue weighted by molar-refractivity contribution is -0.192. The lowest BCUT2D eigenvalue weighted by Gasteiger charge is -2.31. The molecule has 2 fully saturated rings. The average Bonchev–Trinajstić information content (AvgIpc) is 3.52. The maximum Gasteiger partial charge on any atom is 0.490 e. The van der Waals surface area contributed by atoms with Gasteiger partial charge in [0.05, 0.1) is 29.8 Å². The van der Waals surface area contributed by atoms with E-state index in [1.165, 1.54) is 5.69 Å². The van der Waals surface area contributed by atoms with Crippen molar-refractivity contribution in [2.24, 2.45) is 0 Å². The normalized spacial score (nSPS) is 21.3. The number of piperidine rings is 1. The number of carboxylic acids is 1. The van der Waals surface area contributed by atoms with E-state index in [-0.39, 0.29) is 17.9 Å². The van der Waals surface area contributed by atoms with Crippen molar-refractivity contribution in [2.75, 3.05) is 30.4 Å². The Morgan fingerprint density at radius 3 is 2.42 bits per heavy atom. The van der Waals surface area contributed by atoms with Crippen LogP contribution in [0.4, 0.5) is 24.5 Å². The number of carboxylic acid groups (broad SMARTS) is 1. The Bertz CT molecular complexity index is 1700. The zero-order chi connectivity index (χ0) is 30.5. The van der Waals surface area contributed by atoms with Gasteiger partial charge in [0, 0.05) is 41.3 Å². The van der Waals surface area contributed by atoms with Crippen molar-refractivity contribution >= 4 is 34.2 Å². The summed E-state index contributed by atoms with van der Waals surface area (Å²) in [4.78, 5) is 24.2. The number of benzene rings is 3. The van der Waals surface area contributed by atoms with Gasteiger partial charge in [-0.15, -0.1) is 0 Å². The highest BCUT2D eigenvalue weighted by molar-refractivity contribution is 6.10. The molecule has 4 N–H and O–H groups in total. The van der Waals surface area contributed by atoms with Gasteiger partial charge in [-0.1, -0.05) is 24.3 Å². The van der Waals surface area contributed by atoms with Crippen LogP contribution in [0.1, 0.15) is 36.3 Å². The van der Waals surface area contributed by atoms with Gasteiger partial charge in [-0.05, 0) is 66.8 Å². The summed E-state index contributed by atoms with van der Waals surface area (Å²) >= 11 is 0. The van der Waals surface area contributed by atoms with E-state index in [4.69, 9.17) is 14.6 Å². The topological polar surface area (TPSA) is 128 Å². The molecule has 1 aliphatic carbocycles. The Morgan fingerprint density at radius 2 is 1.77 bits per heavy atom. The van der Waals surface area contributed by atoms with Gasteiger partial charge in [-0.3, -0.25) is 9.89 Å². The van der Waals surface area contributed by atoms with Crippen LogP contribution in [-0.2, 0) is 15.0 Å². The second kappa shape index (κ2) is 10.6. The quantitative estimate of drug-likeness (QED) is 0.255. The fourth-order valence-corrected chi connectivity index (χ4v) is 6.13. The van der Waals surface area contributed by atoms with Gasteiger partial charge in [0.2, 0.25) is 5.91 Å². The number of aromatic amines is 1. The summed E-state index contributed by atoms with van der Waals surface area (Å²) in [6.07, 6.45) is -2.83. The molecule has 224 valence electrons. The third-order valence-corrected chi connectivity index (χ3v) is 8.52. The number of nitrogens with one attached hydrogen (secondary N) is 2.